The minimum absolute atomic E-state index is 0.0329. The molecule has 0 unspecified atom stereocenters. The van der Waals surface area contributed by atoms with Gasteiger partial charge in [0.15, 0.2) is 5.16 Å². The van der Waals surface area contributed by atoms with E-state index < -0.39 is 0 Å². The first-order valence-electron chi connectivity index (χ1n) is 7.35. The van der Waals surface area contributed by atoms with Crippen LogP contribution in [0.5, 0.6) is 0 Å². The molecule has 0 spiro atoms. The lowest BCUT2D eigenvalue weighted by Crippen LogP contribution is -2.27. The third-order valence-electron chi connectivity index (χ3n) is 3.41. The van der Waals surface area contributed by atoms with E-state index in [1.807, 2.05) is 6.92 Å². The zero-order valence-electron chi connectivity index (χ0n) is 12.9. The molecule has 0 aliphatic carbocycles. The molecule has 1 amide bonds. The van der Waals surface area contributed by atoms with Gasteiger partial charge in [-0.05, 0) is 13.3 Å². The van der Waals surface area contributed by atoms with E-state index in [4.69, 9.17) is 11.6 Å². The average molecular weight is 350 g/mol. The highest BCUT2D eigenvalue weighted by Crippen LogP contribution is 2.34. The van der Waals surface area contributed by atoms with Crippen LogP contribution in [0.15, 0.2) is 17.6 Å². The van der Waals surface area contributed by atoms with Crippen LogP contribution in [0.1, 0.15) is 30.3 Å². The Labute approximate surface area is 143 Å². The summed E-state index contributed by atoms with van der Waals surface area (Å²) in [5.74, 6) is 2.18. The summed E-state index contributed by atoms with van der Waals surface area (Å²) in [7, 11) is 0. The van der Waals surface area contributed by atoms with Gasteiger partial charge in [0.05, 0.1) is 13.0 Å². The van der Waals surface area contributed by atoms with E-state index in [2.05, 4.69) is 26.9 Å². The molecule has 0 aromatic carbocycles. The molecular formula is C15H16ClN5OS. The van der Waals surface area contributed by atoms with E-state index in [1.165, 1.54) is 0 Å². The molecule has 2 aromatic rings. The second-order valence-corrected chi connectivity index (χ2v) is 6.66. The summed E-state index contributed by atoms with van der Waals surface area (Å²) in [6.07, 6.45) is 4.71. The number of halogens is 1. The van der Waals surface area contributed by atoms with Gasteiger partial charge < -0.3 is 0 Å². The smallest absolute Gasteiger partial charge is 0.233 e. The number of amides is 1. The Morgan fingerprint density at radius 3 is 2.74 bits per heavy atom. The first-order valence-corrected chi connectivity index (χ1v) is 8.72. The predicted octanol–water partition coefficient (Wildman–Crippen LogP) is 2.82. The van der Waals surface area contributed by atoms with E-state index in [0.29, 0.717) is 34.1 Å². The number of nitrogens with zero attached hydrogens (tertiary/aromatic N) is 5. The Balaban J connectivity index is 1.90. The van der Waals surface area contributed by atoms with Crippen LogP contribution in [-0.4, -0.2) is 31.6 Å². The molecule has 1 aliphatic heterocycles. The van der Waals surface area contributed by atoms with Crippen LogP contribution < -0.4 is 4.90 Å². The Morgan fingerprint density at radius 1 is 1.30 bits per heavy atom. The molecule has 0 fully saturated rings. The molecule has 0 N–H and O–H groups in total. The van der Waals surface area contributed by atoms with Gasteiger partial charge in [-0.3, -0.25) is 9.69 Å². The van der Waals surface area contributed by atoms with E-state index in [0.717, 1.165) is 17.7 Å². The number of aryl methyl sites for hydroxylation is 1. The lowest BCUT2D eigenvalue weighted by atomic mass is 10.3. The lowest BCUT2D eigenvalue weighted by molar-refractivity contribution is -0.117. The highest BCUT2D eigenvalue weighted by atomic mass is 35.5. The van der Waals surface area contributed by atoms with Crippen LogP contribution >= 0.6 is 23.4 Å². The van der Waals surface area contributed by atoms with Crippen molar-refractivity contribution >= 4 is 35.1 Å². The fourth-order valence-corrected chi connectivity index (χ4v) is 3.25. The maximum absolute atomic E-state index is 12.3. The van der Waals surface area contributed by atoms with Crippen LogP contribution in [0.4, 0.5) is 5.82 Å². The standard InChI is InChI=1S/C15H16ClN5OS/c1-3-4-23-15-19-13(16)11-5-12(22)21(14(11)20-15)8-10-6-17-9(2)18-7-10/h6-7H,3-5,8H2,1-2H3. The van der Waals surface area contributed by atoms with Crippen molar-refractivity contribution < 1.29 is 4.79 Å². The van der Waals surface area contributed by atoms with Crippen molar-refractivity contribution in [1.82, 2.24) is 19.9 Å². The first kappa shape index (κ1) is 16.1. The molecule has 23 heavy (non-hydrogen) atoms. The monoisotopic (exact) mass is 349 g/mol. The Hall–Kier alpha value is -1.73. The minimum atomic E-state index is -0.0329. The van der Waals surface area contributed by atoms with Crippen molar-refractivity contribution in [3.8, 4) is 0 Å². The molecule has 1 aliphatic rings. The second kappa shape index (κ2) is 6.80. The fourth-order valence-electron chi connectivity index (χ4n) is 2.27. The fraction of sp³-hybridized carbons (Fsp3) is 0.400. The molecule has 0 saturated heterocycles. The quantitative estimate of drug-likeness (QED) is 0.469. The molecule has 0 radical (unpaired) electrons. The Kier molecular flexibility index (Phi) is 4.77. The average Bonchev–Trinajstić information content (AvgIpc) is 2.84. The number of hydrogen-bond acceptors (Lipinski definition) is 6. The number of thioether (sulfide) groups is 1. The van der Waals surface area contributed by atoms with Gasteiger partial charge in [0, 0.05) is 29.3 Å². The van der Waals surface area contributed by atoms with Gasteiger partial charge in [-0.2, -0.15) is 0 Å². The van der Waals surface area contributed by atoms with Crippen molar-refractivity contribution in [2.75, 3.05) is 10.7 Å². The molecule has 2 aromatic heterocycles. The van der Waals surface area contributed by atoms with Gasteiger partial charge in [-0.15, -0.1) is 0 Å². The third-order valence-corrected chi connectivity index (χ3v) is 4.78. The van der Waals surface area contributed by atoms with Crippen LogP contribution in [0, 0.1) is 6.92 Å². The number of anilines is 1. The Bertz CT molecular complexity index is 737. The molecular weight excluding hydrogens is 334 g/mol. The molecule has 0 atom stereocenters. The Morgan fingerprint density at radius 2 is 2.04 bits per heavy atom. The van der Waals surface area contributed by atoms with Crippen LogP contribution in [-0.2, 0) is 17.8 Å². The van der Waals surface area contributed by atoms with Crippen molar-refractivity contribution in [3.05, 3.63) is 34.5 Å². The number of hydrogen-bond donors (Lipinski definition) is 0. The molecule has 3 heterocycles. The van der Waals surface area contributed by atoms with Gasteiger partial charge in [0.1, 0.15) is 16.8 Å². The summed E-state index contributed by atoms with van der Waals surface area (Å²) in [6.45, 7) is 4.30. The topological polar surface area (TPSA) is 71.9 Å². The van der Waals surface area contributed by atoms with Crippen molar-refractivity contribution in [3.63, 3.8) is 0 Å². The number of fused-ring (bicyclic) bond motifs is 1. The zero-order valence-corrected chi connectivity index (χ0v) is 14.5. The molecule has 0 bridgehead atoms. The second-order valence-electron chi connectivity index (χ2n) is 5.24. The van der Waals surface area contributed by atoms with E-state index in [1.54, 1.807) is 29.1 Å². The molecule has 8 heteroatoms. The maximum atomic E-state index is 12.3. The van der Waals surface area contributed by atoms with Gasteiger partial charge in [-0.25, -0.2) is 19.9 Å². The van der Waals surface area contributed by atoms with E-state index in [9.17, 15) is 4.79 Å². The van der Waals surface area contributed by atoms with Crippen molar-refractivity contribution in [2.45, 2.75) is 38.4 Å². The summed E-state index contributed by atoms with van der Waals surface area (Å²) < 4.78 is 0. The molecule has 0 saturated carbocycles. The highest BCUT2D eigenvalue weighted by Gasteiger charge is 2.32. The first-order chi connectivity index (χ1) is 11.1. The largest absolute Gasteiger partial charge is 0.291 e. The highest BCUT2D eigenvalue weighted by molar-refractivity contribution is 7.99. The number of carbonyl (C=O) groups excluding carboxylic acids is 1. The van der Waals surface area contributed by atoms with Gasteiger partial charge in [-0.1, -0.05) is 30.3 Å². The summed E-state index contributed by atoms with van der Waals surface area (Å²) in [5.41, 5.74) is 1.56. The van der Waals surface area contributed by atoms with E-state index >= 15 is 0 Å². The summed E-state index contributed by atoms with van der Waals surface area (Å²) in [6, 6.07) is 0. The summed E-state index contributed by atoms with van der Waals surface area (Å²) >= 11 is 7.78. The van der Waals surface area contributed by atoms with Gasteiger partial charge in [0.2, 0.25) is 5.91 Å². The lowest BCUT2D eigenvalue weighted by Gasteiger charge is -2.16. The van der Waals surface area contributed by atoms with Crippen LogP contribution in [0.2, 0.25) is 5.15 Å². The van der Waals surface area contributed by atoms with Crippen molar-refractivity contribution in [2.24, 2.45) is 0 Å². The van der Waals surface area contributed by atoms with Gasteiger partial charge in [0.25, 0.3) is 0 Å². The van der Waals surface area contributed by atoms with Crippen LogP contribution in [0.3, 0.4) is 0 Å². The predicted molar refractivity (Wildman–Crippen MR) is 89.7 cm³/mol. The molecule has 6 nitrogen and oxygen atoms in total. The maximum Gasteiger partial charge on any atom is 0.233 e. The third kappa shape index (κ3) is 3.45. The number of aromatic nitrogens is 4. The van der Waals surface area contributed by atoms with Gasteiger partial charge >= 0.3 is 0 Å². The minimum Gasteiger partial charge on any atom is -0.291 e. The normalized spacial score (nSPS) is 13.5. The molecule has 3 rings (SSSR count). The zero-order chi connectivity index (χ0) is 16.4. The molecule has 120 valence electrons. The summed E-state index contributed by atoms with van der Waals surface area (Å²) in [4.78, 5) is 31.1. The SMILES string of the molecule is CCCSc1nc(Cl)c2c(n1)N(Cc1cnc(C)nc1)C(=O)C2. The van der Waals surface area contributed by atoms with E-state index in [-0.39, 0.29) is 12.3 Å². The number of carbonyl (C=O) groups is 1. The summed E-state index contributed by atoms with van der Waals surface area (Å²) in [5, 5.41) is 0.972. The van der Waals surface area contributed by atoms with Crippen LogP contribution in [0.25, 0.3) is 0 Å². The van der Waals surface area contributed by atoms with Crippen molar-refractivity contribution in [1.29, 1.82) is 0 Å². The number of rotatable bonds is 5.